The van der Waals surface area contributed by atoms with Crippen LogP contribution in [0.5, 0.6) is 0 Å². The maximum absolute atomic E-state index is 4.35. The first-order valence-electron chi connectivity index (χ1n) is 7.22. The van der Waals surface area contributed by atoms with Gasteiger partial charge in [-0.15, -0.1) is 0 Å². The zero-order chi connectivity index (χ0) is 14.4. The van der Waals surface area contributed by atoms with Crippen LogP contribution >= 0.6 is 0 Å². The Morgan fingerprint density at radius 1 is 1.15 bits per heavy atom. The van der Waals surface area contributed by atoms with Crippen molar-refractivity contribution in [1.82, 2.24) is 14.9 Å². The summed E-state index contributed by atoms with van der Waals surface area (Å²) in [5, 5.41) is 0. The van der Waals surface area contributed by atoms with Crippen LogP contribution in [-0.4, -0.2) is 28.0 Å². The lowest BCUT2D eigenvalue weighted by molar-refractivity contribution is 0.246. The van der Waals surface area contributed by atoms with E-state index < -0.39 is 0 Å². The summed E-state index contributed by atoms with van der Waals surface area (Å²) in [6.45, 7) is 5.43. The van der Waals surface area contributed by atoms with Crippen LogP contribution in [-0.2, 0) is 19.4 Å². The lowest BCUT2D eigenvalue weighted by Gasteiger charge is -2.25. The molecule has 106 valence electrons. The van der Waals surface area contributed by atoms with E-state index >= 15 is 0 Å². The molecule has 20 heavy (non-hydrogen) atoms. The van der Waals surface area contributed by atoms with Gasteiger partial charge in [-0.1, -0.05) is 31.2 Å². The average molecular weight is 269 g/mol. The molecule has 0 amide bonds. The monoisotopic (exact) mass is 269 g/mol. The quantitative estimate of drug-likeness (QED) is 0.807. The van der Waals surface area contributed by atoms with E-state index in [1.54, 1.807) is 12.4 Å². The molecule has 3 nitrogen and oxygen atoms in total. The number of rotatable bonds is 6. The van der Waals surface area contributed by atoms with E-state index in [0.29, 0.717) is 6.04 Å². The average Bonchev–Trinajstić information content (AvgIpc) is 2.48. The Hall–Kier alpha value is -1.74. The second kappa shape index (κ2) is 7.15. The Balaban J connectivity index is 1.99. The van der Waals surface area contributed by atoms with E-state index in [1.807, 2.05) is 6.20 Å². The number of aryl methyl sites for hydroxylation is 1. The highest BCUT2D eigenvalue weighted by Gasteiger charge is 2.12. The lowest BCUT2D eigenvalue weighted by atomic mass is 10.0. The highest BCUT2D eigenvalue weighted by molar-refractivity contribution is 5.26. The first-order valence-corrected chi connectivity index (χ1v) is 7.22. The van der Waals surface area contributed by atoms with Gasteiger partial charge in [-0.2, -0.15) is 0 Å². The molecule has 1 heterocycles. The SMILES string of the molecule is CCc1ccccc1CN(C)[C@H](C)Cc1cnccn1. The number of likely N-dealkylation sites (N-methyl/N-ethyl adjacent to an activating group) is 1. The largest absolute Gasteiger partial charge is 0.299 e. The van der Waals surface area contributed by atoms with Crippen molar-refractivity contribution in [2.24, 2.45) is 0 Å². The molecule has 0 bridgehead atoms. The zero-order valence-corrected chi connectivity index (χ0v) is 12.6. The molecule has 2 rings (SSSR count). The summed E-state index contributed by atoms with van der Waals surface area (Å²) in [6.07, 6.45) is 7.34. The molecular weight excluding hydrogens is 246 g/mol. The van der Waals surface area contributed by atoms with E-state index in [4.69, 9.17) is 0 Å². The highest BCUT2D eigenvalue weighted by Crippen LogP contribution is 2.14. The molecule has 0 N–H and O–H groups in total. The van der Waals surface area contributed by atoms with Gasteiger partial charge in [0.25, 0.3) is 0 Å². The summed E-state index contributed by atoms with van der Waals surface area (Å²) >= 11 is 0. The Bertz CT molecular complexity index is 525. The zero-order valence-electron chi connectivity index (χ0n) is 12.6. The Morgan fingerprint density at radius 2 is 1.90 bits per heavy atom. The molecule has 0 saturated heterocycles. The van der Waals surface area contributed by atoms with Gasteiger partial charge in [0.1, 0.15) is 0 Å². The fraction of sp³-hybridized carbons (Fsp3) is 0.412. The van der Waals surface area contributed by atoms with Crippen molar-refractivity contribution in [2.45, 2.75) is 39.3 Å². The van der Waals surface area contributed by atoms with E-state index in [-0.39, 0.29) is 0 Å². The van der Waals surface area contributed by atoms with Gasteiger partial charge in [0.05, 0.1) is 5.69 Å². The van der Waals surface area contributed by atoms with Crippen molar-refractivity contribution in [3.05, 3.63) is 59.7 Å². The number of hydrogen-bond acceptors (Lipinski definition) is 3. The van der Waals surface area contributed by atoms with E-state index in [0.717, 1.165) is 25.1 Å². The molecule has 0 spiro atoms. The molecule has 0 radical (unpaired) electrons. The van der Waals surface area contributed by atoms with Crippen molar-refractivity contribution < 1.29 is 0 Å². The number of nitrogens with zero attached hydrogens (tertiary/aromatic N) is 3. The standard InChI is InChI=1S/C17H23N3/c1-4-15-7-5-6-8-16(15)13-20(3)14(2)11-17-12-18-9-10-19-17/h5-10,12,14H,4,11,13H2,1-3H3/t14-/m1/s1. The molecule has 3 heteroatoms. The lowest BCUT2D eigenvalue weighted by Crippen LogP contribution is -2.31. The minimum atomic E-state index is 0.441. The number of benzene rings is 1. The molecule has 0 aliphatic carbocycles. The maximum Gasteiger partial charge on any atom is 0.0602 e. The minimum Gasteiger partial charge on any atom is -0.299 e. The van der Waals surface area contributed by atoms with Gasteiger partial charge in [0.15, 0.2) is 0 Å². The molecule has 0 aliphatic rings. The van der Waals surface area contributed by atoms with Crippen molar-refractivity contribution >= 4 is 0 Å². The summed E-state index contributed by atoms with van der Waals surface area (Å²) in [5.74, 6) is 0. The van der Waals surface area contributed by atoms with Gasteiger partial charge < -0.3 is 0 Å². The van der Waals surface area contributed by atoms with Crippen molar-refractivity contribution in [3.63, 3.8) is 0 Å². The van der Waals surface area contributed by atoms with Crippen LogP contribution in [0.25, 0.3) is 0 Å². The summed E-state index contributed by atoms with van der Waals surface area (Å²) in [7, 11) is 2.17. The van der Waals surface area contributed by atoms with E-state index in [1.165, 1.54) is 11.1 Å². The number of hydrogen-bond donors (Lipinski definition) is 0. The third kappa shape index (κ3) is 3.87. The first-order chi connectivity index (χ1) is 9.70. The Morgan fingerprint density at radius 3 is 2.55 bits per heavy atom. The normalized spacial score (nSPS) is 12.6. The van der Waals surface area contributed by atoms with Gasteiger partial charge in [0.2, 0.25) is 0 Å². The maximum atomic E-state index is 4.35. The van der Waals surface area contributed by atoms with Gasteiger partial charge in [0, 0.05) is 37.6 Å². The molecule has 0 aliphatic heterocycles. The van der Waals surface area contributed by atoms with Crippen molar-refractivity contribution in [2.75, 3.05) is 7.05 Å². The highest BCUT2D eigenvalue weighted by atomic mass is 15.1. The summed E-state index contributed by atoms with van der Waals surface area (Å²) < 4.78 is 0. The van der Waals surface area contributed by atoms with Crippen LogP contribution in [0.15, 0.2) is 42.9 Å². The fourth-order valence-corrected chi connectivity index (χ4v) is 2.38. The molecule has 0 saturated carbocycles. The molecular formula is C17H23N3. The van der Waals surface area contributed by atoms with Crippen LogP contribution in [0, 0.1) is 0 Å². The fourth-order valence-electron chi connectivity index (χ4n) is 2.38. The Labute approximate surface area is 121 Å². The third-order valence-corrected chi connectivity index (χ3v) is 3.79. The van der Waals surface area contributed by atoms with Crippen LogP contribution < -0.4 is 0 Å². The number of aromatic nitrogens is 2. The summed E-state index contributed by atoms with van der Waals surface area (Å²) in [6, 6.07) is 9.12. The van der Waals surface area contributed by atoms with Crippen LogP contribution in [0.4, 0.5) is 0 Å². The van der Waals surface area contributed by atoms with Crippen molar-refractivity contribution in [3.8, 4) is 0 Å². The molecule has 2 aromatic rings. The summed E-state index contributed by atoms with van der Waals surface area (Å²) in [4.78, 5) is 10.9. The van der Waals surface area contributed by atoms with Crippen LogP contribution in [0.2, 0.25) is 0 Å². The second-order valence-electron chi connectivity index (χ2n) is 5.29. The van der Waals surface area contributed by atoms with Gasteiger partial charge >= 0.3 is 0 Å². The van der Waals surface area contributed by atoms with Gasteiger partial charge in [-0.05, 0) is 31.5 Å². The molecule has 1 atom stereocenters. The molecule has 1 aromatic heterocycles. The molecule has 0 unspecified atom stereocenters. The van der Waals surface area contributed by atoms with Crippen LogP contribution in [0.1, 0.15) is 30.7 Å². The van der Waals surface area contributed by atoms with Crippen molar-refractivity contribution in [1.29, 1.82) is 0 Å². The smallest absolute Gasteiger partial charge is 0.0602 e. The van der Waals surface area contributed by atoms with E-state index in [2.05, 4.69) is 60.0 Å². The first kappa shape index (κ1) is 14.7. The molecule has 0 fully saturated rings. The molecule has 1 aromatic carbocycles. The Kier molecular flexibility index (Phi) is 5.24. The predicted octanol–water partition coefficient (Wildman–Crippen LogP) is 3.10. The van der Waals surface area contributed by atoms with Crippen LogP contribution in [0.3, 0.4) is 0 Å². The second-order valence-corrected chi connectivity index (χ2v) is 5.29. The topological polar surface area (TPSA) is 29.0 Å². The minimum absolute atomic E-state index is 0.441. The summed E-state index contributed by atoms with van der Waals surface area (Å²) in [5.41, 5.74) is 3.91. The van der Waals surface area contributed by atoms with Gasteiger partial charge in [-0.3, -0.25) is 14.9 Å². The third-order valence-electron chi connectivity index (χ3n) is 3.79. The van der Waals surface area contributed by atoms with Gasteiger partial charge in [-0.25, -0.2) is 0 Å². The van der Waals surface area contributed by atoms with E-state index in [9.17, 15) is 0 Å². The predicted molar refractivity (Wildman–Crippen MR) is 82.5 cm³/mol.